The molecule has 19 heteroatoms. The van der Waals surface area contributed by atoms with Gasteiger partial charge in [0.25, 0.3) is 0 Å². The maximum Gasteiger partial charge on any atom is 0.482 e. The molecule has 320 valence electrons. The molecule has 3 saturated heterocycles. The van der Waals surface area contributed by atoms with Gasteiger partial charge in [-0.3, -0.25) is 0 Å². The minimum Gasteiger partial charge on any atom is -0.438 e. The Morgan fingerprint density at radius 2 is 0.667 bits per heavy atom. The molecule has 54 heavy (non-hydrogen) atoms. The largest absolute Gasteiger partial charge is 0.482 e. The van der Waals surface area contributed by atoms with Gasteiger partial charge in [0.1, 0.15) is 0 Å². The fourth-order valence-electron chi connectivity index (χ4n) is 9.10. The first kappa shape index (κ1) is 50.2. The molecule has 3 fully saturated rings. The van der Waals surface area contributed by atoms with Gasteiger partial charge in [0, 0.05) is 12.3 Å². The normalized spacial score (nSPS) is 36.1. The lowest BCUT2D eigenvalue weighted by molar-refractivity contribution is 0.107. The Bertz CT molecular complexity index is 1110. The molecule has 4 atom stereocenters. The van der Waals surface area contributed by atoms with Crippen molar-refractivity contribution in [3.05, 3.63) is 0 Å². The van der Waals surface area contributed by atoms with E-state index >= 15 is 0 Å². The zero-order chi connectivity index (χ0) is 41.3. The fraction of sp³-hybridized carbons (Fsp3) is 1.00. The van der Waals surface area contributed by atoms with Gasteiger partial charge in [-0.05, 0) is 104 Å². The molecule has 3 aliphatic rings. The van der Waals surface area contributed by atoms with Gasteiger partial charge in [0.05, 0.1) is 8.80 Å². The summed E-state index contributed by atoms with van der Waals surface area (Å²) in [5.74, 6) is 2.18. The summed E-state index contributed by atoms with van der Waals surface area (Å²) in [5.41, 5.74) is 0. The van der Waals surface area contributed by atoms with Crippen molar-refractivity contribution in [3.8, 4) is 0 Å². The van der Waals surface area contributed by atoms with Crippen molar-refractivity contribution >= 4 is 84.2 Å². The minimum absolute atomic E-state index is 0.282. The first-order chi connectivity index (χ1) is 24.7. The number of hydrogen-bond acceptors (Lipinski definition) is 9. The molecule has 0 saturated carbocycles. The molecule has 0 N–H and O–H groups in total. The van der Waals surface area contributed by atoms with Crippen molar-refractivity contribution in [1.29, 1.82) is 0 Å². The van der Waals surface area contributed by atoms with Crippen LogP contribution in [0.3, 0.4) is 0 Å². The molecule has 0 aromatic heterocycles. The summed E-state index contributed by atoms with van der Waals surface area (Å²) in [4.78, 5) is 0. The van der Waals surface area contributed by atoms with Crippen LogP contribution in [0.1, 0.15) is 96.9 Å². The van der Waals surface area contributed by atoms with Gasteiger partial charge in [-0.2, -0.15) is 0 Å². The topological polar surface area (TPSA) is 83.1 Å². The van der Waals surface area contributed by atoms with E-state index in [1.165, 1.54) is 0 Å². The fourth-order valence-corrected chi connectivity index (χ4v) is 109. The van der Waals surface area contributed by atoms with Crippen LogP contribution in [-0.4, -0.2) is 90.4 Å². The highest BCUT2D eigenvalue weighted by molar-refractivity contribution is 7.53. The number of hydrogen-bond donors (Lipinski definition) is 0. The Balaban J connectivity index is 2.77. The highest BCUT2D eigenvalue weighted by Crippen LogP contribution is 2.60. The lowest BCUT2D eigenvalue weighted by Crippen LogP contribution is -2.98. The molecule has 0 aliphatic carbocycles. The van der Waals surface area contributed by atoms with E-state index in [-0.39, 0.29) is 5.92 Å². The summed E-state index contributed by atoms with van der Waals surface area (Å²) < 4.78 is 73.7. The molecule has 3 heterocycles. The molecule has 0 radical (unpaired) electrons. The Kier molecular flexibility index (Phi) is 17.9. The zero-order valence-electron chi connectivity index (χ0n) is 38.6. The van der Waals surface area contributed by atoms with E-state index in [2.05, 4.69) is 136 Å². The van der Waals surface area contributed by atoms with Gasteiger partial charge in [-0.15, -0.1) is 0 Å². The van der Waals surface area contributed by atoms with Gasteiger partial charge in [0.15, 0.2) is 18.1 Å². The van der Waals surface area contributed by atoms with Crippen LogP contribution >= 0.6 is 0 Å². The summed E-state index contributed by atoms with van der Waals surface area (Å²) in [7, 11) is -28.6. The number of rotatable bonds is 21. The van der Waals surface area contributed by atoms with E-state index in [1.807, 2.05) is 0 Å². The third-order valence-electron chi connectivity index (χ3n) is 9.91. The smallest absolute Gasteiger partial charge is 0.438 e. The molecular formula is C35H86O9Si10. The third-order valence-corrected chi connectivity index (χ3v) is 72.5. The summed E-state index contributed by atoms with van der Waals surface area (Å²) in [6.45, 7) is 46.5. The van der Waals surface area contributed by atoms with E-state index in [0.29, 0.717) is 47.8 Å². The molecule has 3 bridgehead atoms. The third kappa shape index (κ3) is 11.2. The lowest BCUT2D eigenvalue weighted by Gasteiger charge is -2.70. The van der Waals surface area contributed by atoms with Gasteiger partial charge in [-0.1, -0.05) is 110 Å². The molecule has 0 aromatic carbocycles. The summed E-state index contributed by atoms with van der Waals surface area (Å²) in [6, 6.07) is 5.56. The van der Waals surface area contributed by atoms with Crippen LogP contribution in [0.2, 0.25) is 81.6 Å². The highest BCUT2D eigenvalue weighted by atomic mass is 29.4. The quantitative estimate of drug-likeness (QED) is 0.105. The summed E-state index contributed by atoms with van der Waals surface area (Å²) in [6.07, 6.45) is 0.691. The first-order valence-corrected chi connectivity index (χ1v) is 47.6. The maximum atomic E-state index is 8.54. The van der Waals surface area contributed by atoms with E-state index in [0.717, 1.165) is 36.3 Å². The Morgan fingerprint density at radius 3 is 0.944 bits per heavy atom. The molecule has 0 aromatic rings. The zero-order valence-corrected chi connectivity index (χ0v) is 49.1. The van der Waals surface area contributed by atoms with Crippen molar-refractivity contribution in [2.24, 2.45) is 41.4 Å². The average molecular weight is 932 g/mol. The second-order valence-corrected chi connectivity index (χ2v) is 62.4. The predicted molar refractivity (Wildman–Crippen MR) is 249 cm³/mol. The molecular weight excluding hydrogens is 845 g/mol. The first-order valence-electron chi connectivity index (χ1n) is 21.9. The van der Waals surface area contributed by atoms with Crippen molar-refractivity contribution in [2.75, 3.05) is 6.23 Å². The predicted octanol–water partition coefficient (Wildman–Crippen LogP) is 9.59. The Hall–Kier alpha value is 1.81. The minimum atomic E-state index is -3.59. The molecule has 3 aliphatic heterocycles. The van der Waals surface area contributed by atoms with Gasteiger partial charge in [0.2, 0.25) is 0 Å². The van der Waals surface area contributed by atoms with Gasteiger partial charge >= 0.3 is 57.3 Å². The molecule has 3 rings (SSSR count). The lowest BCUT2D eigenvalue weighted by atomic mass is 10.3. The SMILES string of the molecule is CC(C)C[Si]1(OC[SiH](C)C)O[Si]2(CC(C)C)O[Si]3(CC(C)C)O[Si](CC(C)C)(O1)[Si](CC(C)C)(O[SiH](C)C)O[Si]3(CC(C)C)O[Si]2(CC(C)C)O[SiH](C)C. The Morgan fingerprint density at radius 1 is 0.370 bits per heavy atom. The van der Waals surface area contributed by atoms with Crippen LogP contribution < -0.4 is 0 Å². The van der Waals surface area contributed by atoms with Crippen LogP contribution in [0, 0.1) is 41.4 Å². The standard InChI is InChI=1S/C35H86O9Si10/c1-29(2)21-48(36-28-45(15)16)39-51(24-32(7)8)43-54(27-35(13)14)44-52(40-48,25-33(9)10)50(23-31(5)6,38-47(19)20)42-53(54,26-34(11)12)41-49(51,22-30(3)4)37-46(17)18/h29-35,45-47H,21-28H2,1-20H3. The van der Waals surface area contributed by atoms with Crippen LogP contribution in [0.5, 0.6) is 0 Å². The van der Waals surface area contributed by atoms with E-state index in [4.69, 9.17) is 37.3 Å². The monoisotopic (exact) mass is 930 g/mol. The second kappa shape index (κ2) is 19.2. The Labute approximate surface area is 345 Å². The molecule has 0 spiro atoms. The van der Waals surface area contributed by atoms with Crippen molar-refractivity contribution in [2.45, 2.75) is 179 Å². The summed E-state index contributed by atoms with van der Waals surface area (Å²) >= 11 is 0. The van der Waals surface area contributed by atoms with Gasteiger partial charge in [-0.25, -0.2) is 0 Å². The van der Waals surface area contributed by atoms with E-state index < -0.39 is 84.2 Å². The second-order valence-electron chi connectivity index (χ2n) is 21.0. The van der Waals surface area contributed by atoms with Crippen LogP contribution in [0.25, 0.3) is 0 Å². The molecule has 0 amide bonds. The van der Waals surface area contributed by atoms with Crippen molar-refractivity contribution < 1.29 is 37.3 Å². The van der Waals surface area contributed by atoms with E-state index in [1.54, 1.807) is 0 Å². The average Bonchev–Trinajstić information content (AvgIpc) is 2.90. The molecule has 9 nitrogen and oxygen atoms in total. The molecule has 4 unspecified atom stereocenters. The van der Waals surface area contributed by atoms with Gasteiger partial charge < -0.3 is 37.3 Å². The van der Waals surface area contributed by atoms with E-state index in [9.17, 15) is 0 Å². The van der Waals surface area contributed by atoms with Crippen LogP contribution in [0.15, 0.2) is 0 Å². The van der Waals surface area contributed by atoms with Crippen LogP contribution in [0.4, 0.5) is 0 Å². The van der Waals surface area contributed by atoms with Crippen molar-refractivity contribution in [3.63, 3.8) is 0 Å². The summed E-state index contributed by atoms with van der Waals surface area (Å²) in [5, 5.41) is 0. The number of fused-ring (bicyclic) bond motifs is 2. The maximum absolute atomic E-state index is 8.54. The van der Waals surface area contributed by atoms with Crippen LogP contribution in [-0.2, 0) is 37.3 Å². The highest BCUT2D eigenvalue weighted by Gasteiger charge is 2.90. The van der Waals surface area contributed by atoms with Crippen molar-refractivity contribution in [1.82, 2.24) is 0 Å².